The second-order valence-corrected chi connectivity index (χ2v) is 5.59. The molecule has 106 valence electrons. The molecule has 5 heteroatoms. The molecule has 0 bridgehead atoms. The van der Waals surface area contributed by atoms with Gasteiger partial charge in [-0.1, -0.05) is 15.9 Å². The van der Waals surface area contributed by atoms with Crippen LogP contribution >= 0.6 is 15.9 Å². The molecule has 1 rings (SSSR count). The minimum absolute atomic E-state index is 0.286. The Hall–Kier alpha value is -1.07. The fourth-order valence-corrected chi connectivity index (χ4v) is 2.14. The Morgan fingerprint density at radius 2 is 2.11 bits per heavy atom. The van der Waals surface area contributed by atoms with Crippen molar-refractivity contribution < 1.29 is 19.4 Å². The lowest BCUT2D eigenvalue weighted by Crippen LogP contribution is -2.33. The van der Waals surface area contributed by atoms with E-state index in [0.29, 0.717) is 11.3 Å². The van der Waals surface area contributed by atoms with Gasteiger partial charge in [0, 0.05) is 4.47 Å². The zero-order chi connectivity index (χ0) is 14.6. The molecule has 0 saturated carbocycles. The first-order chi connectivity index (χ1) is 8.84. The normalized spacial score (nSPS) is 12.9. The van der Waals surface area contributed by atoms with E-state index in [1.54, 1.807) is 46.1 Å². The molecule has 0 amide bonds. The number of methoxy groups -OCH3 is 1. The Bertz CT molecular complexity index is 457. The molecule has 0 aliphatic rings. The van der Waals surface area contributed by atoms with E-state index >= 15 is 0 Å². The molecule has 1 unspecified atom stereocenters. The van der Waals surface area contributed by atoms with E-state index < -0.39 is 17.5 Å². The number of esters is 1. The van der Waals surface area contributed by atoms with Gasteiger partial charge >= 0.3 is 5.97 Å². The molecule has 19 heavy (non-hydrogen) atoms. The predicted octanol–water partition coefficient (Wildman–Crippen LogP) is 3.08. The topological polar surface area (TPSA) is 55.8 Å². The molecule has 0 radical (unpaired) electrons. The highest BCUT2D eigenvalue weighted by atomic mass is 79.9. The monoisotopic (exact) mass is 330 g/mol. The molecule has 1 N–H and O–H groups in total. The van der Waals surface area contributed by atoms with Crippen molar-refractivity contribution in [3.05, 3.63) is 28.2 Å². The minimum atomic E-state index is -1.04. The third-order valence-electron chi connectivity index (χ3n) is 2.98. The lowest BCUT2D eigenvalue weighted by atomic mass is 9.82. The summed E-state index contributed by atoms with van der Waals surface area (Å²) in [6.07, 6.45) is -0.990. The predicted molar refractivity (Wildman–Crippen MR) is 76.1 cm³/mol. The van der Waals surface area contributed by atoms with Crippen LogP contribution in [0.3, 0.4) is 0 Å². The number of rotatable bonds is 5. The summed E-state index contributed by atoms with van der Waals surface area (Å²) in [5.41, 5.74) is -0.442. The van der Waals surface area contributed by atoms with Crippen molar-refractivity contribution in [2.75, 3.05) is 13.7 Å². The van der Waals surface area contributed by atoms with Crippen LogP contribution in [0.25, 0.3) is 0 Å². The van der Waals surface area contributed by atoms with Gasteiger partial charge in [0.15, 0.2) is 0 Å². The third-order valence-corrected chi connectivity index (χ3v) is 3.71. The van der Waals surface area contributed by atoms with Crippen LogP contribution < -0.4 is 4.74 Å². The number of aliphatic hydroxyl groups is 1. The van der Waals surface area contributed by atoms with Crippen LogP contribution in [-0.4, -0.2) is 24.8 Å². The first kappa shape index (κ1) is 16.0. The number of benzene rings is 1. The summed E-state index contributed by atoms with van der Waals surface area (Å²) in [6.45, 7) is 5.33. The summed E-state index contributed by atoms with van der Waals surface area (Å²) < 4.78 is 10.9. The largest absolute Gasteiger partial charge is 0.497 e. The first-order valence-corrected chi connectivity index (χ1v) is 6.82. The van der Waals surface area contributed by atoms with E-state index in [0.717, 1.165) is 4.47 Å². The van der Waals surface area contributed by atoms with Crippen molar-refractivity contribution in [3.63, 3.8) is 0 Å². The van der Waals surface area contributed by atoms with Gasteiger partial charge in [0.25, 0.3) is 0 Å². The molecule has 1 aromatic rings. The molecule has 0 saturated heterocycles. The average Bonchev–Trinajstić information content (AvgIpc) is 2.38. The standard InChI is InChI=1S/C14H19BrO4/c1-5-19-13(17)14(2,3)12(16)10-8-9(18-4)6-7-11(10)15/h6-8,12,16H,5H2,1-4H3. The van der Waals surface area contributed by atoms with E-state index in [2.05, 4.69) is 15.9 Å². The van der Waals surface area contributed by atoms with Gasteiger partial charge in [-0.25, -0.2) is 0 Å². The number of aliphatic hydroxyl groups excluding tert-OH is 1. The van der Waals surface area contributed by atoms with Gasteiger partial charge in [0.1, 0.15) is 5.75 Å². The summed E-state index contributed by atoms with van der Waals surface area (Å²) in [4.78, 5) is 11.9. The van der Waals surface area contributed by atoms with Crippen molar-refractivity contribution in [1.29, 1.82) is 0 Å². The molecule has 1 aromatic carbocycles. The van der Waals surface area contributed by atoms with Crippen LogP contribution in [0.4, 0.5) is 0 Å². The summed E-state index contributed by atoms with van der Waals surface area (Å²) in [5, 5.41) is 10.5. The summed E-state index contributed by atoms with van der Waals surface area (Å²) >= 11 is 3.37. The molecule has 0 aliphatic heterocycles. The molecular formula is C14H19BrO4. The molecule has 4 nitrogen and oxygen atoms in total. The van der Waals surface area contributed by atoms with Gasteiger partial charge in [-0.05, 0) is 44.5 Å². The summed E-state index contributed by atoms with van der Waals surface area (Å²) in [5.74, 6) is 0.189. The van der Waals surface area contributed by atoms with E-state index in [-0.39, 0.29) is 6.61 Å². The maximum absolute atomic E-state index is 11.9. The Kier molecular flexibility index (Phi) is 5.38. The van der Waals surface area contributed by atoms with Crippen LogP contribution in [-0.2, 0) is 9.53 Å². The zero-order valence-electron chi connectivity index (χ0n) is 11.6. The zero-order valence-corrected chi connectivity index (χ0v) is 13.2. The number of carbonyl (C=O) groups excluding carboxylic acids is 1. The number of hydrogen-bond donors (Lipinski definition) is 1. The highest BCUT2D eigenvalue weighted by Crippen LogP contribution is 2.39. The van der Waals surface area contributed by atoms with Crippen LogP contribution in [0.2, 0.25) is 0 Å². The van der Waals surface area contributed by atoms with Crippen molar-refractivity contribution in [2.45, 2.75) is 26.9 Å². The lowest BCUT2D eigenvalue weighted by Gasteiger charge is -2.29. The van der Waals surface area contributed by atoms with Gasteiger partial charge < -0.3 is 14.6 Å². The Balaban J connectivity index is 3.11. The number of ether oxygens (including phenoxy) is 2. The maximum atomic E-state index is 11.9. The van der Waals surface area contributed by atoms with Gasteiger partial charge in [-0.15, -0.1) is 0 Å². The second kappa shape index (κ2) is 6.39. The summed E-state index contributed by atoms with van der Waals surface area (Å²) in [7, 11) is 1.55. The quantitative estimate of drug-likeness (QED) is 0.843. The SMILES string of the molecule is CCOC(=O)C(C)(C)C(O)c1cc(OC)ccc1Br. The van der Waals surface area contributed by atoms with Gasteiger partial charge in [-0.3, -0.25) is 4.79 Å². The molecule has 0 spiro atoms. The molecule has 0 heterocycles. The van der Waals surface area contributed by atoms with Crippen LogP contribution in [0.5, 0.6) is 5.75 Å². The van der Waals surface area contributed by atoms with Gasteiger partial charge in [0.05, 0.1) is 25.2 Å². The van der Waals surface area contributed by atoms with Gasteiger partial charge in [0.2, 0.25) is 0 Å². The molecular weight excluding hydrogens is 312 g/mol. The molecule has 0 aromatic heterocycles. The average molecular weight is 331 g/mol. The third kappa shape index (κ3) is 3.48. The number of carbonyl (C=O) groups is 1. The molecule has 1 atom stereocenters. The highest BCUT2D eigenvalue weighted by molar-refractivity contribution is 9.10. The van der Waals surface area contributed by atoms with Crippen molar-refractivity contribution >= 4 is 21.9 Å². The van der Waals surface area contributed by atoms with Crippen LogP contribution in [0.1, 0.15) is 32.4 Å². The Morgan fingerprint density at radius 3 is 2.63 bits per heavy atom. The van der Waals surface area contributed by atoms with E-state index in [1.165, 1.54) is 0 Å². The number of hydrogen-bond acceptors (Lipinski definition) is 4. The second-order valence-electron chi connectivity index (χ2n) is 4.73. The van der Waals surface area contributed by atoms with Crippen molar-refractivity contribution in [2.24, 2.45) is 5.41 Å². The first-order valence-electron chi connectivity index (χ1n) is 6.03. The van der Waals surface area contributed by atoms with E-state index in [9.17, 15) is 9.90 Å². The minimum Gasteiger partial charge on any atom is -0.497 e. The smallest absolute Gasteiger partial charge is 0.314 e. The summed E-state index contributed by atoms with van der Waals surface area (Å²) in [6, 6.07) is 5.26. The van der Waals surface area contributed by atoms with E-state index in [1.807, 2.05) is 0 Å². The van der Waals surface area contributed by atoms with Crippen LogP contribution in [0.15, 0.2) is 22.7 Å². The molecule has 0 aliphatic carbocycles. The van der Waals surface area contributed by atoms with Crippen LogP contribution in [0, 0.1) is 5.41 Å². The van der Waals surface area contributed by atoms with Gasteiger partial charge in [-0.2, -0.15) is 0 Å². The fraction of sp³-hybridized carbons (Fsp3) is 0.500. The van der Waals surface area contributed by atoms with Crippen molar-refractivity contribution in [3.8, 4) is 5.75 Å². The fourth-order valence-electron chi connectivity index (χ4n) is 1.68. The molecule has 0 fully saturated rings. The lowest BCUT2D eigenvalue weighted by molar-refractivity contribution is -0.160. The maximum Gasteiger partial charge on any atom is 0.314 e. The van der Waals surface area contributed by atoms with Crippen molar-refractivity contribution in [1.82, 2.24) is 0 Å². The Labute approximate surface area is 121 Å². The Morgan fingerprint density at radius 1 is 1.47 bits per heavy atom. The highest BCUT2D eigenvalue weighted by Gasteiger charge is 2.39. The number of halogens is 1. The van der Waals surface area contributed by atoms with E-state index in [4.69, 9.17) is 9.47 Å².